The largest absolute Gasteiger partial charge is 0.369 e. The highest BCUT2D eigenvalue weighted by Gasteiger charge is 2.24. The van der Waals surface area contributed by atoms with Gasteiger partial charge in [-0.3, -0.25) is 9.58 Å². The fourth-order valence-corrected chi connectivity index (χ4v) is 2.98. The van der Waals surface area contributed by atoms with Gasteiger partial charge in [-0.15, -0.1) is 0 Å². The minimum atomic E-state index is 0.551. The summed E-state index contributed by atoms with van der Waals surface area (Å²) in [5, 5.41) is 4.26. The Morgan fingerprint density at radius 2 is 1.90 bits per heavy atom. The van der Waals surface area contributed by atoms with Crippen LogP contribution in [0.3, 0.4) is 0 Å². The first kappa shape index (κ1) is 14.1. The monoisotopic (exact) mass is 284 g/mol. The van der Waals surface area contributed by atoms with E-state index in [1.807, 2.05) is 17.9 Å². The summed E-state index contributed by atoms with van der Waals surface area (Å²) in [6, 6.07) is 11.5. The van der Waals surface area contributed by atoms with Crippen LogP contribution in [0.15, 0.2) is 36.5 Å². The maximum absolute atomic E-state index is 4.26. The van der Waals surface area contributed by atoms with Crippen molar-refractivity contribution in [1.29, 1.82) is 0 Å². The van der Waals surface area contributed by atoms with Gasteiger partial charge in [0.1, 0.15) is 0 Å². The second-order valence-corrected chi connectivity index (χ2v) is 6.05. The maximum Gasteiger partial charge on any atom is 0.0521 e. The zero-order chi connectivity index (χ0) is 14.8. The van der Waals surface area contributed by atoms with Gasteiger partial charge in [0.25, 0.3) is 0 Å². The van der Waals surface area contributed by atoms with Crippen LogP contribution in [0, 0.1) is 6.92 Å². The van der Waals surface area contributed by atoms with Crippen molar-refractivity contribution >= 4 is 5.69 Å². The molecule has 1 aromatic carbocycles. The van der Waals surface area contributed by atoms with Gasteiger partial charge in [-0.25, -0.2) is 0 Å². The molecule has 21 heavy (non-hydrogen) atoms. The Labute approximate surface area is 127 Å². The van der Waals surface area contributed by atoms with E-state index in [-0.39, 0.29) is 0 Å². The van der Waals surface area contributed by atoms with Gasteiger partial charge in [0, 0.05) is 51.2 Å². The van der Waals surface area contributed by atoms with Crippen LogP contribution in [0.2, 0.25) is 0 Å². The molecule has 1 atom stereocenters. The number of hydrogen-bond donors (Lipinski definition) is 0. The minimum Gasteiger partial charge on any atom is -0.369 e. The van der Waals surface area contributed by atoms with E-state index in [4.69, 9.17) is 0 Å². The molecule has 2 heterocycles. The van der Waals surface area contributed by atoms with Crippen LogP contribution in [0.1, 0.15) is 18.2 Å². The molecule has 0 bridgehead atoms. The molecule has 1 saturated heterocycles. The quantitative estimate of drug-likeness (QED) is 0.865. The summed E-state index contributed by atoms with van der Waals surface area (Å²) in [4.78, 5) is 5.03. The number of anilines is 1. The van der Waals surface area contributed by atoms with Crippen LogP contribution >= 0.6 is 0 Å². The van der Waals surface area contributed by atoms with Crippen LogP contribution in [-0.4, -0.2) is 40.4 Å². The highest BCUT2D eigenvalue weighted by Crippen LogP contribution is 2.20. The summed E-state index contributed by atoms with van der Waals surface area (Å²) < 4.78 is 1.97. The van der Waals surface area contributed by atoms with Gasteiger partial charge in [0.05, 0.1) is 5.69 Å². The van der Waals surface area contributed by atoms with Crippen LogP contribution in [0.4, 0.5) is 5.69 Å². The number of aryl methyl sites for hydroxylation is 2. The summed E-state index contributed by atoms with van der Waals surface area (Å²) in [6.07, 6.45) is 1.88. The van der Waals surface area contributed by atoms with Crippen molar-refractivity contribution in [2.24, 2.45) is 7.05 Å². The summed E-state index contributed by atoms with van der Waals surface area (Å²) in [6.45, 7) is 8.71. The summed E-state index contributed by atoms with van der Waals surface area (Å²) in [5.74, 6) is 0. The van der Waals surface area contributed by atoms with E-state index in [1.165, 1.54) is 16.9 Å². The van der Waals surface area contributed by atoms with Crippen molar-refractivity contribution in [3.63, 3.8) is 0 Å². The second kappa shape index (κ2) is 5.90. The van der Waals surface area contributed by atoms with Crippen LogP contribution in [0.5, 0.6) is 0 Å². The van der Waals surface area contributed by atoms with E-state index >= 15 is 0 Å². The predicted octanol–water partition coefficient (Wildman–Crippen LogP) is 2.44. The molecule has 1 aliphatic rings. The lowest BCUT2D eigenvalue weighted by molar-refractivity contribution is 0.176. The molecule has 1 aromatic heterocycles. The molecule has 1 aliphatic heterocycles. The molecule has 0 amide bonds. The molecule has 0 radical (unpaired) electrons. The summed E-state index contributed by atoms with van der Waals surface area (Å²) in [5.41, 5.74) is 3.94. The number of hydrogen-bond acceptors (Lipinski definition) is 3. The van der Waals surface area contributed by atoms with Gasteiger partial charge in [0.2, 0.25) is 0 Å². The second-order valence-electron chi connectivity index (χ2n) is 6.05. The average Bonchev–Trinajstić information content (AvgIpc) is 2.87. The molecule has 0 aliphatic carbocycles. The maximum atomic E-state index is 4.26. The van der Waals surface area contributed by atoms with E-state index < -0.39 is 0 Å². The van der Waals surface area contributed by atoms with Gasteiger partial charge in [0.15, 0.2) is 0 Å². The standard InChI is InChI=1S/C17H24N4/c1-14-4-6-16(7-5-14)21-11-10-20(15(2)12-21)13-17-8-9-18-19(17)3/h4-9,15H,10-13H2,1-3H3. The highest BCUT2D eigenvalue weighted by atomic mass is 15.3. The van der Waals surface area contributed by atoms with Gasteiger partial charge in [-0.05, 0) is 32.0 Å². The average molecular weight is 284 g/mol. The number of nitrogens with zero attached hydrogens (tertiary/aromatic N) is 4. The van der Waals surface area contributed by atoms with Crippen molar-refractivity contribution in [2.75, 3.05) is 24.5 Å². The molecule has 4 nitrogen and oxygen atoms in total. The van der Waals surface area contributed by atoms with E-state index in [0.717, 1.165) is 26.2 Å². The smallest absolute Gasteiger partial charge is 0.0521 e. The number of piperazine rings is 1. The molecule has 0 spiro atoms. The zero-order valence-electron chi connectivity index (χ0n) is 13.2. The molecule has 112 valence electrons. The normalized spacial score (nSPS) is 20.0. The lowest BCUT2D eigenvalue weighted by Crippen LogP contribution is -2.51. The molecular formula is C17H24N4. The van der Waals surface area contributed by atoms with Gasteiger partial charge >= 0.3 is 0 Å². The van der Waals surface area contributed by atoms with Crippen molar-refractivity contribution in [3.05, 3.63) is 47.8 Å². The van der Waals surface area contributed by atoms with Crippen LogP contribution in [-0.2, 0) is 13.6 Å². The molecular weight excluding hydrogens is 260 g/mol. The predicted molar refractivity (Wildman–Crippen MR) is 86.5 cm³/mol. The molecule has 0 saturated carbocycles. The number of rotatable bonds is 3. The third-order valence-electron chi connectivity index (χ3n) is 4.45. The number of benzene rings is 1. The first-order valence-corrected chi connectivity index (χ1v) is 7.66. The number of aromatic nitrogens is 2. The lowest BCUT2D eigenvalue weighted by atomic mass is 10.1. The molecule has 0 N–H and O–H groups in total. The van der Waals surface area contributed by atoms with Crippen molar-refractivity contribution in [3.8, 4) is 0 Å². The van der Waals surface area contributed by atoms with Crippen LogP contribution in [0.25, 0.3) is 0 Å². The third kappa shape index (κ3) is 3.10. The van der Waals surface area contributed by atoms with E-state index in [0.29, 0.717) is 6.04 Å². The fourth-order valence-electron chi connectivity index (χ4n) is 2.98. The highest BCUT2D eigenvalue weighted by molar-refractivity contribution is 5.48. The summed E-state index contributed by atoms with van der Waals surface area (Å²) >= 11 is 0. The SMILES string of the molecule is Cc1ccc(N2CCN(Cc3ccnn3C)C(C)C2)cc1. The van der Waals surface area contributed by atoms with E-state index in [9.17, 15) is 0 Å². The Morgan fingerprint density at radius 1 is 1.14 bits per heavy atom. The minimum absolute atomic E-state index is 0.551. The van der Waals surface area contributed by atoms with E-state index in [1.54, 1.807) is 0 Å². The first-order chi connectivity index (χ1) is 10.1. The summed E-state index contributed by atoms with van der Waals surface area (Å²) in [7, 11) is 2.02. The molecule has 1 fully saturated rings. The molecule has 2 aromatic rings. The third-order valence-corrected chi connectivity index (χ3v) is 4.45. The van der Waals surface area contributed by atoms with Crippen molar-refractivity contribution in [1.82, 2.24) is 14.7 Å². The molecule has 3 rings (SSSR count). The topological polar surface area (TPSA) is 24.3 Å². The van der Waals surface area contributed by atoms with Crippen molar-refractivity contribution < 1.29 is 0 Å². The van der Waals surface area contributed by atoms with E-state index in [2.05, 4.69) is 59.1 Å². The lowest BCUT2D eigenvalue weighted by Gasteiger charge is -2.41. The Bertz CT molecular complexity index is 587. The molecule has 1 unspecified atom stereocenters. The zero-order valence-corrected chi connectivity index (χ0v) is 13.2. The Balaban J connectivity index is 1.64. The van der Waals surface area contributed by atoms with Gasteiger partial charge in [-0.1, -0.05) is 17.7 Å². The van der Waals surface area contributed by atoms with Crippen molar-refractivity contribution in [2.45, 2.75) is 26.4 Å². The van der Waals surface area contributed by atoms with Crippen LogP contribution < -0.4 is 4.90 Å². The first-order valence-electron chi connectivity index (χ1n) is 7.66. The van der Waals surface area contributed by atoms with Gasteiger partial charge < -0.3 is 4.90 Å². The fraction of sp³-hybridized carbons (Fsp3) is 0.471. The Morgan fingerprint density at radius 3 is 2.52 bits per heavy atom. The Hall–Kier alpha value is -1.81. The Kier molecular flexibility index (Phi) is 3.97. The molecule has 4 heteroatoms. The van der Waals surface area contributed by atoms with Gasteiger partial charge in [-0.2, -0.15) is 5.10 Å².